The molecule has 0 aliphatic carbocycles. The number of nitrogen functional groups attached to an aromatic ring is 1. The molecule has 0 radical (unpaired) electrons. The molecule has 1 aromatic carbocycles. The second-order valence-corrected chi connectivity index (χ2v) is 2.45. The average Bonchev–Trinajstić information content (AvgIpc) is 2.09. The number of benzene rings is 1. The molecule has 0 bridgehead atoms. The van der Waals surface area contributed by atoms with Gasteiger partial charge in [0.05, 0.1) is 5.69 Å². The maximum atomic E-state index is 12.9. The Hall–Kier alpha value is -1.42. The van der Waals surface area contributed by atoms with Crippen LogP contribution in [0.1, 0.15) is 15.9 Å². The highest BCUT2D eigenvalue weighted by Gasteiger charge is 2.04. The highest BCUT2D eigenvalue weighted by Crippen LogP contribution is 2.17. The third kappa shape index (κ3) is 1.43. The Morgan fingerprint density at radius 3 is 2.75 bits per heavy atom. The first-order valence-electron chi connectivity index (χ1n) is 3.41. The van der Waals surface area contributed by atoms with Crippen molar-refractivity contribution in [1.82, 2.24) is 0 Å². The van der Waals surface area contributed by atoms with Gasteiger partial charge in [-0.1, -0.05) is 0 Å². The van der Waals surface area contributed by atoms with Crippen LogP contribution in [0.2, 0.25) is 0 Å². The summed E-state index contributed by atoms with van der Waals surface area (Å²) in [7, 11) is 0. The molecule has 0 amide bonds. The lowest BCUT2D eigenvalue weighted by Crippen LogP contribution is -2.09. The predicted molar refractivity (Wildman–Crippen MR) is 44.3 cm³/mol. The second kappa shape index (κ2) is 3.32. The molecule has 0 heterocycles. The lowest BCUT2D eigenvalue weighted by Gasteiger charge is -2.04. The van der Waals surface area contributed by atoms with Gasteiger partial charge in [0.15, 0.2) is 6.29 Å². The summed E-state index contributed by atoms with van der Waals surface area (Å²) in [5.41, 5.74) is 3.33. The Morgan fingerprint density at radius 1 is 1.58 bits per heavy atom. The molecular weight excluding hydrogens is 159 g/mol. The summed E-state index contributed by atoms with van der Waals surface area (Å²) < 4.78 is 12.9. The van der Waals surface area contributed by atoms with Gasteiger partial charge in [0.25, 0.3) is 0 Å². The van der Waals surface area contributed by atoms with Crippen LogP contribution in [0.5, 0.6) is 0 Å². The average molecular weight is 168 g/mol. The van der Waals surface area contributed by atoms with Crippen molar-refractivity contribution in [3.63, 3.8) is 0 Å². The van der Waals surface area contributed by atoms with Crippen molar-refractivity contribution in [3.05, 3.63) is 29.1 Å². The van der Waals surface area contributed by atoms with Crippen LogP contribution in [0.15, 0.2) is 12.1 Å². The fourth-order valence-corrected chi connectivity index (χ4v) is 0.926. The van der Waals surface area contributed by atoms with Gasteiger partial charge in [-0.2, -0.15) is 0 Å². The van der Waals surface area contributed by atoms with E-state index in [4.69, 9.17) is 5.84 Å². The van der Waals surface area contributed by atoms with Crippen molar-refractivity contribution in [2.45, 2.75) is 6.92 Å². The molecule has 0 aromatic heterocycles. The molecule has 0 saturated heterocycles. The number of aldehydes is 1. The molecule has 1 rings (SSSR count). The van der Waals surface area contributed by atoms with Crippen molar-refractivity contribution in [2.75, 3.05) is 5.43 Å². The molecule has 4 heteroatoms. The Bertz CT molecular complexity index is 312. The SMILES string of the molecule is Cc1cc(C=O)c(NN)cc1F. The highest BCUT2D eigenvalue weighted by molar-refractivity contribution is 5.84. The first-order valence-corrected chi connectivity index (χ1v) is 3.41. The van der Waals surface area contributed by atoms with Crippen molar-refractivity contribution in [3.8, 4) is 0 Å². The standard InChI is InChI=1S/C8H9FN2O/c1-5-2-6(4-12)8(11-10)3-7(5)9/h2-4,11H,10H2,1H3. The molecule has 0 spiro atoms. The van der Waals surface area contributed by atoms with Gasteiger partial charge in [-0.3, -0.25) is 10.6 Å². The summed E-state index contributed by atoms with van der Waals surface area (Å²) >= 11 is 0. The van der Waals surface area contributed by atoms with Gasteiger partial charge in [-0.25, -0.2) is 4.39 Å². The van der Waals surface area contributed by atoms with E-state index in [1.54, 1.807) is 6.92 Å². The summed E-state index contributed by atoms with van der Waals surface area (Å²) in [4.78, 5) is 10.4. The number of nitrogens with two attached hydrogens (primary N) is 1. The molecule has 0 atom stereocenters. The number of hydrogen-bond acceptors (Lipinski definition) is 3. The molecule has 3 nitrogen and oxygen atoms in total. The van der Waals surface area contributed by atoms with Gasteiger partial charge in [-0.05, 0) is 24.6 Å². The van der Waals surface area contributed by atoms with Gasteiger partial charge < -0.3 is 5.43 Å². The van der Waals surface area contributed by atoms with E-state index in [-0.39, 0.29) is 5.82 Å². The molecule has 64 valence electrons. The molecule has 3 N–H and O–H groups in total. The van der Waals surface area contributed by atoms with E-state index in [9.17, 15) is 9.18 Å². The summed E-state index contributed by atoms with van der Waals surface area (Å²) in [6.07, 6.45) is 0.627. The van der Waals surface area contributed by atoms with E-state index in [2.05, 4.69) is 5.43 Å². The Kier molecular flexibility index (Phi) is 2.40. The number of nitrogens with one attached hydrogen (secondary N) is 1. The molecule has 0 unspecified atom stereocenters. The van der Waals surface area contributed by atoms with E-state index in [1.165, 1.54) is 12.1 Å². The van der Waals surface area contributed by atoms with Crippen LogP contribution >= 0.6 is 0 Å². The first-order chi connectivity index (χ1) is 5.69. The zero-order valence-corrected chi connectivity index (χ0v) is 6.60. The quantitative estimate of drug-likeness (QED) is 0.396. The lowest BCUT2D eigenvalue weighted by atomic mass is 10.1. The van der Waals surface area contributed by atoms with Crippen molar-refractivity contribution in [2.24, 2.45) is 5.84 Å². The third-order valence-electron chi connectivity index (χ3n) is 1.61. The summed E-state index contributed by atoms with van der Waals surface area (Å²) in [6, 6.07) is 2.64. The van der Waals surface area contributed by atoms with Crippen LogP contribution < -0.4 is 11.3 Å². The Morgan fingerprint density at radius 2 is 2.25 bits per heavy atom. The van der Waals surface area contributed by atoms with Crippen molar-refractivity contribution >= 4 is 12.0 Å². The maximum Gasteiger partial charge on any atom is 0.152 e. The molecule has 0 fully saturated rings. The molecule has 0 aliphatic heterocycles. The van der Waals surface area contributed by atoms with Gasteiger partial charge in [-0.15, -0.1) is 0 Å². The number of carbonyl (C=O) groups excluding carboxylic acids is 1. The van der Waals surface area contributed by atoms with Gasteiger partial charge >= 0.3 is 0 Å². The normalized spacial score (nSPS) is 9.58. The number of hydrazine groups is 1. The smallest absolute Gasteiger partial charge is 0.152 e. The zero-order valence-electron chi connectivity index (χ0n) is 6.60. The zero-order chi connectivity index (χ0) is 9.14. The highest BCUT2D eigenvalue weighted by atomic mass is 19.1. The monoisotopic (exact) mass is 168 g/mol. The van der Waals surface area contributed by atoms with Crippen LogP contribution in [-0.4, -0.2) is 6.29 Å². The van der Waals surface area contributed by atoms with Crippen LogP contribution in [0.25, 0.3) is 0 Å². The number of halogens is 1. The van der Waals surface area contributed by atoms with Gasteiger partial charge in [0.1, 0.15) is 5.82 Å². The van der Waals surface area contributed by atoms with Crippen LogP contribution in [0.4, 0.5) is 10.1 Å². The molecule has 0 aliphatic rings. The van der Waals surface area contributed by atoms with Gasteiger partial charge in [0.2, 0.25) is 0 Å². The van der Waals surface area contributed by atoms with Crippen LogP contribution in [-0.2, 0) is 0 Å². The minimum atomic E-state index is -0.381. The van der Waals surface area contributed by atoms with E-state index in [1.807, 2.05) is 0 Å². The summed E-state index contributed by atoms with van der Waals surface area (Å²) in [6.45, 7) is 1.59. The van der Waals surface area contributed by atoms with Crippen LogP contribution in [0.3, 0.4) is 0 Å². The molecule has 12 heavy (non-hydrogen) atoms. The fourth-order valence-electron chi connectivity index (χ4n) is 0.926. The van der Waals surface area contributed by atoms with Crippen LogP contribution in [0, 0.1) is 12.7 Å². The minimum absolute atomic E-state index is 0.299. The van der Waals surface area contributed by atoms with E-state index in [0.717, 1.165) is 0 Å². The van der Waals surface area contributed by atoms with E-state index in [0.29, 0.717) is 23.1 Å². The lowest BCUT2D eigenvalue weighted by molar-refractivity contribution is 0.112. The van der Waals surface area contributed by atoms with E-state index >= 15 is 0 Å². The number of carbonyl (C=O) groups is 1. The van der Waals surface area contributed by atoms with Crippen molar-refractivity contribution < 1.29 is 9.18 Å². The Balaban J connectivity index is 3.28. The topological polar surface area (TPSA) is 55.1 Å². The number of aryl methyl sites for hydroxylation is 1. The summed E-state index contributed by atoms with van der Waals surface area (Å²) in [5.74, 6) is 4.69. The number of hydrogen-bond donors (Lipinski definition) is 2. The number of rotatable bonds is 2. The molecular formula is C8H9FN2O. The van der Waals surface area contributed by atoms with E-state index < -0.39 is 0 Å². The third-order valence-corrected chi connectivity index (χ3v) is 1.61. The number of anilines is 1. The second-order valence-electron chi connectivity index (χ2n) is 2.45. The first kappa shape index (κ1) is 8.67. The predicted octanol–water partition coefficient (Wildman–Crippen LogP) is 1.23. The minimum Gasteiger partial charge on any atom is -0.323 e. The summed E-state index contributed by atoms with van der Waals surface area (Å²) in [5, 5.41) is 0. The fraction of sp³-hybridized carbons (Fsp3) is 0.125. The molecule has 0 saturated carbocycles. The molecule has 1 aromatic rings. The van der Waals surface area contributed by atoms with Crippen molar-refractivity contribution in [1.29, 1.82) is 0 Å². The Labute approximate surface area is 69.3 Å². The van der Waals surface area contributed by atoms with Gasteiger partial charge in [0, 0.05) is 5.56 Å². The maximum absolute atomic E-state index is 12.9. The largest absolute Gasteiger partial charge is 0.323 e.